The van der Waals surface area contributed by atoms with Gasteiger partial charge in [-0.2, -0.15) is 13.2 Å². The van der Waals surface area contributed by atoms with Crippen molar-refractivity contribution in [2.45, 2.75) is 16.9 Å². The van der Waals surface area contributed by atoms with E-state index in [1.54, 1.807) is 26.2 Å². The van der Waals surface area contributed by atoms with Gasteiger partial charge in [0.2, 0.25) is 5.91 Å². The van der Waals surface area contributed by atoms with Crippen molar-refractivity contribution in [2.24, 2.45) is 0 Å². The molecule has 0 spiro atoms. The van der Waals surface area contributed by atoms with Gasteiger partial charge in [0.1, 0.15) is 0 Å². The summed E-state index contributed by atoms with van der Waals surface area (Å²) in [7, 11) is 3.32. The Morgan fingerprint density at radius 2 is 1.84 bits per heavy atom. The van der Waals surface area contributed by atoms with Gasteiger partial charge in [-0.05, 0) is 29.5 Å². The zero-order valence-corrected chi connectivity index (χ0v) is 11.4. The smallest absolute Gasteiger partial charge is 0.348 e. The Morgan fingerprint density at radius 3 is 2.32 bits per heavy atom. The van der Waals surface area contributed by atoms with Gasteiger partial charge in [0.05, 0.1) is 6.54 Å². The molecular weight excluding hydrogens is 277 g/mol. The summed E-state index contributed by atoms with van der Waals surface area (Å²) in [5.41, 5.74) is -3.43. The van der Waals surface area contributed by atoms with E-state index in [2.05, 4.69) is 5.32 Å². The zero-order valence-electron chi connectivity index (χ0n) is 10.6. The molecule has 0 fully saturated rings. The van der Waals surface area contributed by atoms with Gasteiger partial charge in [-0.25, -0.2) is 0 Å². The maximum atomic E-state index is 12.1. The lowest BCUT2D eigenvalue weighted by atomic mass is 10.2. The van der Waals surface area contributed by atoms with E-state index in [4.69, 9.17) is 0 Å². The highest BCUT2D eigenvalue weighted by molar-refractivity contribution is 8.00. The highest BCUT2D eigenvalue weighted by Crippen LogP contribution is 2.36. The van der Waals surface area contributed by atoms with Gasteiger partial charge in [0.25, 0.3) is 0 Å². The minimum Gasteiger partial charge on any atom is -0.348 e. The number of nitrogens with zero attached hydrogens (tertiary/aromatic N) is 1. The van der Waals surface area contributed by atoms with Crippen molar-refractivity contribution < 1.29 is 18.0 Å². The quantitative estimate of drug-likeness (QED) is 0.846. The molecule has 1 aromatic rings. The number of nitrogens with one attached hydrogen (secondary N) is 1. The molecule has 0 radical (unpaired) electrons. The van der Waals surface area contributed by atoms with Gasteiger partial charge < -0.3 is 10.2 Å². The van der Waals surface area contributed by atoms with E-state index in [1.807, 2.05) is 0 Å². The number of alkyl halides is 3. The van der Waals surface area contributed by atoms with Crippen molar-refractivity contribution in [3.63, 3.8) is 0 Å². The second kappa shape index (κ2) is 6.81. The summed E-state index contributed by atoms with van der Waals surface area (Å²) in [6.07, 6.45) is 0. The monoisotopic (exact) mass is 292 g/mol. The molecule has 1 N–H and O–H groups in total. The molecule has 1 aromatic carbocycles. The fourth-order valence-electron chi connectivity index (χ4n) is 1.28. The Hall–Kier alpha value is -1.21. The number of benzene rings is 1. The first-order chi connectivity index (χ1) is 8.78. The fourth-order valence-corrected chi connectivity index (χ4v) is 1.82. The molecule has 0 aliphatic carbocycles. The van der Waals surface area contributed by atoms with Gasteiger partial charge in [-0.1, -0.05) is 12.1 Å². The van der Waals surface area contributed by atoms with E-state index in [1.165, 1.54) is 17.0 Å². The van der Waals surface area contributed by atoms with E-state index in [0.29, 0.717) is 6.54 Å². The Balaban J connectivity index is 2.42. The van der Waals surface area contributed by atoms with Crippen molar-refractivity contribution in [2.75, 3.05) is 20.6 Å². The summed E-state index contributed by atoms with van der Waals surface area (Å²) in [6, 6.07) is 6.06. The lowest BCUT2D eigenvalue weighted by Crippen LogP contribution is -2.32. The van der Waals surface area contributed by atoms with Crippen LogP contribution in [0, 0.1) is 0 Å². The van der Waals surface area contributed by atoms with Crippen molar-refractivity contribution in [3.8, 4) is 0 Å². The average Bonchev–Trinajstić information content (AvgIpc) is 2.29. The molecular formula is C12H15F3N2OS. The molecule has 1 rings (SSSR count). The van der Waals surface area contributed by atoms with Crippen LogP contribution in [0.3, 0.4) is 0 Å². The van der Waals surface area contributed by atoms with E-state index in [-0.39, 0.29) is 29.1 Å². The summed E-state index contributed by atoms with van der Waals surface area (Å²) in [6.45, 7) is 0.641. The summed E-state index contributed by atoms with van der Waals surface area (Å²) in [5, 5.41) is 2.93. The summed E-state index contributed by atoms with van der Waals surface area (Å²) < 4.78 is 36.4. The van der Waals surface area contributed by atoms with E-state index >= 15 is 0 Å². The SMILES string of the molecule is CN(C)C(=O)CNCc1ccc(SC(F)(F)F)cc1. The van der Waals surface area contributed by atoms with Crippen LogP contribution in [0.2, 0.25) is 0 Å². The topological polar surface area (TPSA) is 32.3 Å². The van der Waals surface area contributed by atoms with Gasteiger partial charge >= 0.3 is 5.51 Å². The summed E-state index contributed by atoms with van der Waals surface area (Å²) in [5.74, 6) is -0.0516. The number of carbonyl (C=O) groups excluding carboxylic acids is 1. The number of halogens is 3. The average molecular weight is 292 g/mol. The van der Waals surface area contributed by atoms with Gasteiger partial charge in [0.15, 0.2) is 0 Å². The summed E-state index contributed by atoms with van der Waals surface area (Å²) in [4.78, 5) is 12.9. The third kappa shape index (κ3) is 6.49. The number of carbonyl (C=O) groups is 1. The minimum atomic E-state index is -4.27. The second-order valence-corrected chi connectivity index (χ2v) is 5.22. The molecule has 0 bridgehead atoms. The Kier molecular flexibility index (Phi) is 5.68. The molecule has 0 atom stereocenters. The second-order valence-electron chi connectivity index (χ2n) is 4.08. The van der Waals surface area contributed by atoms with Crippen LogP contribution in [0.5, 0.6) is 0 Å². The number of hydrogen-bond acceptors (Lipinski definition) is 3. The van der Waals surface area contributed by atoms with Crippen LogP contribution in [0.25, 0.3) is 0 Å². The molecule has 7 heteroatoms. The lowest BCUT2D eigenvalue weighted by molar-refractivity contribution is -0.127. The molecule has 0 saturated carbocycles. The number of amides is 1. The van der Waals surface area contributed by atoms with Crippen molar-refractivity contribution in [1.29, 1.82) is 0 Å². The van der Waals surface area contributed by atoms with E-state index in [0.717, 1.165) is 5.56 Å². The van der Waals surface area contributed by atoms with Crippen LogP contribution in [0.4, 0.5) is 13.2 Å². The number of hydrogen-bond donors (Lipinski definition) is 1. The molecule has 0 aromatic heterocycles. The predicted octanol–water partition coefficient (Wildman–Crippen LogP) is 2.48. The number of likely N-dealkylation sites (N-methyl/N-ethyl adjacent to an activating group) is 1. The fraction of sp³-hybridized carbons (Fsp3) is 0.417. The third-order valence-corrected chi connectivity index (χ3v) is 3.00. The van der Waals surface area contributed by atoms with Crippen molar-refractivity contribution >= 4 is 17.7 Å². The Bertz CT molecular complexity index is 418. The maximum absolute atomic E-state index is 12.1. The molecule has 0 heterocycles. The molecule has 0 unspecified atom stereocenters. The van der Waals surface area contributed by atoms with Crippen LogP contribution in [-0.2, 0) is 11.3 Å². The minimum absolute atomic E-state index is 0.0516. The highest BCUT2D eigenvalue weighted by atomic mass is 32.2. The number of thioether (sulfide) groups is 1. The molecule has 19 heavy (non-hydrogen) atoms. The highest BCUT2D eigenvalue weighted by Gasteiger charge is 2.28. The first-order valence-electron chi connectivity index (χ1n) is 5.53. The molecule has 1 amide bonds. The normalized spacial score (nSPS) is 11.4. The zero-order chi connectivity index (χ0) is 14.5. The van der Waals surface area contributed by atoms with Crippen molar-refractivity contribution in [1.82, 2.24) is 10.2 Å². The molecule has 0 saturated heterocycles. The van der Waals surface area contributed by atoms with E-state index in [9.17, 15) is 18.0 Å². The first-order valence-corrected chi connectivity index (χ1v) is 6.35. The third-order valence-electron chi connectivity index (χ3n) is 2.26. The van der Waals surface area contributed by atoms with Crippen LogP contribution in [0.1, 0.15) is 5.56 Å². The first kappa shape index (κ1) is 15.8. The van der Waals surface area contributed by atoms with Crippen LogP contribution in [0.15, 0.2) is 29.2 Å². The summed E-state index contributed by atoms with van der Waals surface area (Å²) >= 11 is -0.139. The van der Waals surface area contributed by atoms with Crippen LogP contribution in [-0.4, -0.2) is 37.0 Å². The largest absolute Gasteiger partial charge is 0.446 e. The Labute approximate surface area is 114 Å². The molecule has 106 valence electrons. The van der Waals surface area contributed by atoms with E-state index < -0.39 is 5.51 Å². The molecule has 0 aliphatic heterocycles. The molecule has 0 aliphatic rings. The van der Waals surface area contributed by atoms with Crippen LogP contribution < -0.4 is 5.32 Å². The van der Waals surface area contributed by atoms with Gasteiger partial charge in [-0.15, -0.1) is 0 Å². The standard InChI is InChI=1S/C12H15F3N2OS/c1-17(2)11(18)8-16-7-9-3-5-10(6-4-9)19-12(13,14)15/h3-6,16H,7-8H2,1-2H3. The molecule has 3 nitrogen and oxygen atoms in total. The lowest BCUT2D eigenvalue weighted by Gasteiger charge is -2.11. The predicted molar refractivity (Wildman–Crippen MR) is 68.8 cm³/mol. The maximum Gasteiger partial charge on any atom is 0.446 e. The van der Waals surface area contributed by atoms with Crippen molar-refractivity contribution in [3.05, 3.63) is 29.8 Å². The number of rotatable bonds is 5. The van der Waals surface area contributed by atoms with Crippen LogP contribution >= 0.6 is 11.8 Å². The Morgan fingerprint density at radius 1 is 1.26 bits per heavy atom. The van der Waals surface area contributed by atoms with Gasteiger partial charge in [0, 0.05) is 25.5 Å². The van der Waals surface area contributed by atoms with Gasteiger partial charge in [-0.3, -0.25) is 4.79 Å².